The minimum Gasteiger partial charge on any atom is -0.369 e. The number of aromatic nitrogens is 2. The van der Waals surface area contributed by atoms with E-state index in [0.29, 0.717) is 24.3 Å². The first-order valence-corrected chi connectivity index (χ1v) is 7.19. The lowest BCUT2D eigenvalue weighted by molar-refractivity contribution is 0.580. The first-order valence-electron chi connectivity index (χ1n) is 6.31. The predicted molar refractivity (Wildman–Crippen MR) is 80.4 cm³/mol. The van der Waals surface area contributed by atoms with E-state index in [4.69, 9.17) is 5.73 Å². The maximum absolute atomic E-state index is 13.1. The number of nitrogen functional groups attached to an aromatic ring is 1. The van der Waals surface area contributed by atoms with Crippen LogP contribution >= 0.6 is 11.3 Å². The highest BCUT2D eigenvalue weighted by Gasteiger charge is 2.07. The molecule has 0 saturated heterocycles. The van der Waals surface area contributed by atoms with Crippen LogP contribution in [0.4, 0.5) is 20.5 Å². The van der Waals surface area contributed by atoms with Gasteiger partial charge in [-0.15, -0.1) is 11.3 Å². The van der Waals surface area contributed by atoms with Crippen LogP contribution < -0.4 is 11.1 Å². The number of nitrogens with zero attached hydrogens (tertiary/aromatic N) is 2. The van der Waals surface area contributed by atoms with Gasteiger partial charge in [0.15, 0.2) is 0 Å². The zero-order chi connectivity index (χ0) is 14.8. The highest BCUT2D eigenvalue weighted by Crippen LogP contribution is 2.25. The van der Waals surface area contributed by atoms with Crippen molar-refractivity contribution in [2.45, 2.75) is 6.42 Å². The van der Waals surface area contributed by atoms with Crippen LogP contribution in [0.5, 0.6) is 0 Å². The second-order valence-corrected chi connectivity index (χ2v) is 5.42. The lowest BCUT2D eigenvalue weighted by atomic mass is 10.1. The molecule has 108 valence electrons. The molecular formula is C14H12F2N4S. The van der Waals surface area contributed by atoms with Crippen LogP contribution in [0.25, 0.3) is 10.2 Å². The van der Waals surface area contributed by atoms with Gasteiger partial charge in [0.2, 0.25) is 5.95 Å². The number of nitrogens with two attached hydrogens (primary N) is 1. The molecule has 0 bridgehead atoms. The summed E-state index contributed by atoms with van der Waals surface area (Å²) in [6, 6.07) is 5.40. The van der Waals surface area contributed by atoms with E-state index < -0.39 is 11.6 Å². The van der Waals surface area contributed by atoms with E-state index in [2.05, 4.69) is 15.3 Å². The van der Waals surface area contributed by atoms with Gasteiger partial charge in [0.1, 0.15) is 22.3 Å². The molecule has 0 unspecified atom stereocenters. The van der Waals surface area contributed by atoms with Crippen LogP contribution in [-0.2, 0) is 6.42 Å². The largest absolute Gasteiger partial charge is 0.369 e. The summed E-state index contributed by atoms with van der Waals surface area (Å²) in [5.74, 6) is -0.312. The van der Waals surface area contributed by atoms with Crippen molar-refractivity contribution in [1.29, 1.82) is 0 Å². The van der Waals surface area contributed by atoms with Gasteiger partial charge in [-0.2, -0.15) is 4.98 Å². The molecule has 2 aromatic heterocycles. The van der Waals surface area contributed by atoms with Crippen molar-refractivity contribution in [2.75, 3.05) is 17.6 Å². The van der Waals surface area contributed by atoms with Crippen LogP contribution in [0.2, 0.25) is 0 Å². The van der Waals surface area contributed by atoms with Gasteiger partial charge >= 0.3 is 0 Å². The molecule has 3 rings (SSSR count). The first kappa shape index (κ1) is 13.7. The van der Waals surface area contributed by atoms with E-state index in [1.165, 1.54) is 23.5 Å². The normalized spacial score (nSPS) is 11.0. The fourth-order valence-electron chi connectivity index (χ4n) is 2.09. The molecule has 0 spiro atoms. The Hall–Kier alpha value is -2.28. The molecule has 0 radical (unpaired) electrons. The Morgan fingerprint density at radius 1 is 1.14 bits per heavy atom. The van der Waals surface area contributed by atoms with E-state index >= 15 is 0 Å². The van der Waals surface area contributed by atoms with Gasteiger partial charge in [-0.3, -0.25) is 0 Å². The minimum absolute atomic E-state index is 0.198. The summed E-state index contributed by atoms with van der Waals surface area (Å²) in [5, 5.41) is 5.93. The number of rotatable bonds is 4. The Kier molecular flexibility index (Phi) is 3.66. The molecule has 7 heteroatoms. The molecule has 0 atom stereocenters. The summed E-state index contributed by atoms with van der Waals surface area (Å²) in [7, 11) is 0. The molecule has 0 fully saturated rings. The van der Waals surface area contributed by atoms with Crippen LogP contribution in [0.1, 0.15) is 5.56 Å². The molecule has 21 heavy (non-hydrogen) atoms. The average molecular weight is 306 g/mol. The molecule has 0 aliphatic carbocycles. The quantitative estimate of drug-likeness (QED) is 0.777. The van der Waals surface area contributed by atoms with Gasteiger partial charge in [-0.05, 0) is 35.6 Å². The van der Waals surface area contributed by atoms with E-state index in [-0.39, 0.29) is 5.95 Å². The smallest absolute Gasteiger partial charge is 0.223 e. The monoisotopic (exact) mass is 306 g/mol. The Morgan fingerprint density at radius 2 is 1.90 bits per heavy atom. The van der Waals surface area contributed by atoms with Crippen molar-refractivity contribution in [1.82, 2.24) is 9.97 Å². The topological polar surface area (TPSA) is 63.8 Å². The predicted octanol–water partition coefficient (Wildman–Crippen LogP) is 3.21. The molecule has 0 amide bonds. The number of anilines is 2. The molecule has 2 heterocycles. The summed E-state index contributed by atoms with van der Waals surface area (Å²) in [5.41, 5.74) is 6.24. The van der Waals surface area contributed by atoms with Crippen molar-refractivity contribution in [3.05, 3.63) is 46.8 Å². The van der Waals surface area contributed by atoms with E-state index in [9.17, 15) is 8.78 Å². The third-order valence-electron chi connectivity index (χ3n) is 2.97. The van der Waals surface area contributed by atoms with E-state index in [1.807, 2.05) is 11.4 Å². The molecule has 4 nitrogen and oxygen atoms in total. The summed E-state index contributed by atoms with van der Waals surface area (Å²) >= 11 is 1.48. The minimum atomic E-state index is -0.573. The Bertz CT molecular complexity index is 767. The summed E-state index contributed by atoms with van der Waals surface area (Å²) in [6.07, 6.45) is 0.476. The first-order chi connectivity index (χ1) is 10.1. The Morgan fingerprint density at radius 3 is 2.67 bits per heavy atom. The van der Waals surface area contributed by atoms with Crippen LogP contribution in [0.15, 0.2) is 29.6 Å². The summed E-state index contributed by atoms with van der Waals surface area (Å²) in [6.45, 7) is 0.490. The molecule has 3 N–H and O–H groups in total. The van der Waals surface area contributed by atoms with Crippen molar-refractivity contribution in [3.8, 4) is 0 Å². The lowest BCUT2D eigenvalue weighted by Crippen LogP contribution is -2.08. The van der Waals surface area contributed by atoms with Crippen molar-refractivity contribution in [2.24, 2.45) is 0 Å². The molecular weight excluding hydrogens is 294 g/mol. The van der Waals surface area contributed by atoms with E-state index in [0.717, 1.165) is 16.3 Å². The van der Waals surface area contributed by atoms with Crippen molar-refractivity contribution in [3.63, 3.8) is 0 Å². The summed E-state index contributed by atoms with van der Waals surface area (Å²) < 4.78 is 26.2. The second kappa shape index (κ2) is 5.61. The van der Waals surface area contributed by atoms with Gasteiger partial charge < -0.3 is 11.1 Å². The third-order valence-corrected chi connectivity index (χ3v) is 3.78. The number of hydrogen-bond acceptors (Lipinski definition) is 5. The van der Waals surface area contributed by atoms with Crippen molar-refractivity contribution >= 4 is 33.3 Å². The fourth-order valence-corrected chi connectivity index (χ4v) is 2.86. The number of halogens is 2. The maximum Gasteiger partial charge on any atom is 0.223 e. The van der Waals surface area contributed by atoms with E-state index in [1.54, 1.807) is 0 Å². The molecule has 0 aliphatic heterocycles. The SMILES string of the molecule is Nc1nc(NCCc2cc(F)cc(F)c2)c2ccsc2n1. The summed E-state index contributed by atoms with van der Waals surface area (Å²) in [4.78, 5) is 9.09. The lowest BCUT2D eigenvalue weighted by Gasteiger charge is -2.07. The van der Waals surface area contributed by atoms with Crippen LogP contribution in [0.3, 0.4) is 0 Å². The maximum atomic E-state index is 13.1. The number of thiophene rings is 1. The van der Waals surface area contributed by atoms with Crippen molar-refractivity contribution < 1.29 is 8.78 Å². The zero-order valence-corrected chi connectivity index (χ0v) is 11.8. The number of fused-ring (bicyclic) bond motifs is 1. The fraction of sp³-hybridized carbons (Fsp3) is 0.143. The standard InChI is InChI=1S/C14H12F2N4S/c15-9-5-8(6-10(16)7-9)1-3-18-12-11-2-4-21-13(11)20-14(17)19-12/h2,4-7H,1,3H2,(H3,17,18,19,20). The zero-order valence-electron chi connectivity index (χ0n) is 10.9. The van der Waals surface area contributed by atoms with Crippen LogP contribution in [-0.4, -0.2) is 16.5 Å². The second-order valence-electron chi connectivity index (χ2n) is 4.52. The van der Waals surface area contributed by atoms with Gasteiger partial charge in [0, 0.05) is 12.6 Å². The van der Waals surface area contributed by atoms with Gasteiger partial charge in [0.05, 0.1) is 5.39 Å². The van der Waals surface area contributed by atoms with Gasteiger partial charge in [0.25, 0.3) is 0 Å². The molecule has 0 saturated carbocycles. The highest BCUT2D eigenvalue weighted by molar-refractivity contribution is 7.16. The Labute approximate surface area is 123 Å². The van der Waals surface area contributed by atoms with Gasteiger partial charge in [-0.1, -0.05) is 0 Å². The molecule has 3 aromatic rings. The molecule has 0 aliphatic rings. The van der Waals surface area contributed by atoms with Gasteiger partial charge in [-0.25, -0.2) is 13.8 Å². The highest BCUT2D eigenvalue weighted by atomic mass is 32.1. The number of hydrogen-bond donors (Lipinski definition) is 2. The van der Waals surface area contributed by atoms with Crippen LogP contribution in [0, 0.1) is 11.6 Å². The average Bonchev–Trinajstić information content (AvgIpc) is 2.85. The number of benzene rings is 1. The molecule has 1 aromatic carbocycles. The Balaban J connectivity index is 1.73. The third kappa shape index (κ3) is 3.08. The number of nitrogens with one attached hydrogen (secondary N) is 1.